The Bertz CT molecular complexity index is 462. The number of benzene rings is 1. The fraction of sp³-hybridized carbons (Fsp3) is 0.562. The largest absolute Gasteiger partial charge is 0.465 e. The molecule has 1 aromatic carbocycles. The van der Waals surface area contributed by atoms with E-state index in [1.165, 1.54) is 35.3 Å². The number of nitrogens with one attached hydrogen (secondary N) is 1. The highest BCUT2D eigenvalue weighted by Crippen LogP contribution is 2.28. The van der Waals surface area contributed by atoms with Gasteiger partial charge in [-0.3, -0.25) is 4.79 Å². The molecule has 110 valence electrons. The number of likely N-dealkylation sites (N-methyl/N-ethyl adjacent to an activating group) is 1. The van der Waals surface area contributed by atoms with E-state index in [4.69, 9.17) is 4.74 Å². The lowest BCUT2D eigenvalue weighted by Gasteiger charge is -2.14. The van der Waals surface area contributed by atoms with Crippen LogP contribution in [-0.4, -0.2) is 31.4 Å². The number of rotatable bonds is 7. The van der Waals surface area contributed by atoms with Crippen LogP contribution in [0, 0.1) is 0 Å². The van der Waals surface area contributed by atoms with Crippen molar-refractivity contribution in [3.05, 3.63) is 29.3 Å². The van der Waals surface area contributed by atoms with Crippen LogP contribution in [0.4, 0.5) is 0 Å². The normalized spacial score (nSPS) is 14.9. The van der Waals surface area contributed by atoms with Crippen molar-refractivity contribution in [2.24, 2.45) is 0 Å². The summed E-state index contributed by atoms with van der Waals surface area (Å²) in [6, 6.07) is 6.57. The second-order valence-electron chi connectivity index (χ2n) is 5.01. The first kappa shape index (κ1) is 15.4. The molecular weight excluding hydrogens is 270 g/mol. The second kappa shape index (κ2) is 7.70. The topological polar surface area (TPSA) is 38.3 Å². The minimum atomic E-state index is -0.197. The molecule has 0 radical (unpaired) electrons. The van der Waals surface area contributed by atoms with Crippen molar-refractivity contribution in [3.8, 4) is 0 Å². The van der Waals surface area contributed by atoms with Crippen LogP contribution in [0.15, 0.2) is 23.1 Å². The Kier molecular flexibility index (Phi) is 5.92. The molecule has 1 aliphatic carbocycles. The first-order chi connectivity index (χ1) is 9.74. The molecule has 0 saturated carbocycles. The Balaban J connectivity index is 1.81. The Labute approximate surface area is 125 Å². The molecule has 0 aliphatic heterocycles. The number of carbonyl (C=O) groups excluding carboxylic acids is 1. The van der Waals surface area contributed by atoms with Crippen molar-refractivity contribution in [1.29, 1.82) is 0 Å². The van der Waals surface area contributed by atoms with Gasteiger partial charge in [-0.25, -0.2) is 0 Å². The van der Waals surface area contributed by atoms with Gasteiger partial charge in [-0.1, -0.05) is 6.07 Å². The fourth-order valence-corrected chi connectivity index (χ4v) is 3.53. The third kappa shape index (κ3) is 4.00. The van der Waals surface area contributed by atoms with Gasteiger partial charge in [0.15, 0.2) is 0 Å². The van der Waals surface area contributed by atoms with Crippen molar-refractivity contribution in [3.63, 3.8) is 0 Å². The highest BCUT2D eigenvalue weighted by Gasteiger charge is 2.17. The SMILES string of the molecule is CCOC(=O)C(CCSc1ccc2c(c1)CCC2)NC. The number of aryl methyl sites for hydroxylation is 2. The smallest absolute Gasteiger partial charge is 0.323 e. The molecule has 1 aliphatic rings. The predicted molar refractivity (Wildman–Crippen MR) is 83.3 cm³/mol. The molecule has 0 amide bonds. The zero-order valence-electron chi connectivity index (χ0n) is 12.3. The lowest BCUT2D eigenvalue weighted by Crippen LogP contribution is -2.36. The van der Waals surface area contributed by atoms with Crippen LogP contribution in [0.1, 0.15) is 30.9 Å². The van der Waals surface area contributed by atoms with Crippen LogP contribution in [0.3, 0.4) is 0 Å². The van der Waals surface area contributed by atoms with Gasteiger partial charge >= 0.3 is 5.97 Å². The van der Waals surface area contributed by atoms with Gasteiger partial charge in [-0.2, -0.15) is 0 Å². The molecule has 2 rings (SSSR count). The van der Waals surface area contributed by atoms with Crippen molar-refractivity contribution < 1.29 is 9.53 Å². The summed E-state index contributed by atoms with van der Waals surface area (Å²) in [5.74, 6) is 0.771. The zero-order chi connectivity index (χ0) is 14.4. The van der Waals surface area contributed by atoms with E-state index in [2.05, 4.69) is 23.5 Å². The summed E-state index contributed by atoms with van der Waals surface area (Å²) in [6.45, 7) is 2.28. The molecular formula is C16H23NO2S. The van der Waals surface area contributed by atoms with E-state index in [0.29, 0.717) is 6.61 Å². The van der Waals surface area contributed by atoms with Crippen LogP contribution in [0.5, 0.6) is 0 Å². The first-order valence-corrected chi connectivity index (χ1v) is 8.31. The van der Waals surface area contributed by atoms with Gasteiger partial charge in [0.1, 0.15) is 6.04 Å². The average molecular weight is 293 g/mol. The minimum Gasteiger partial charge on any atom is -0.465 e. The number of carbonyl (C=O) groups is 1. The van der Waals surface area contributed by atoms with Crippen molar-refractivity contribution >= 4 is 17.7 Å². The van der Waals surface area contributed by atoms with E-state index in [0.717, 1.165) is 12.2 Å². The summed E-state index contributed by atoms with van der Waals surface area (Å²) in [7, 11) is 1.81. The van der Waals surface area contributed by atoms with E-state index < -0.39 is 0 Å². The Hall–Kier alpha value is -1.00. The zero-order valence-corrected chi connectivity index (χ0v) is 13.1. The predicted octanol–water partition coefficient (Wildman–Crippen LogP) is 2.81. The number of esters is 1. The van der Waals surface area contributed by atoms with Gasteiger partial charge < -0.3 is 10.1 Å². The molecule has 0 fully saturated rings. The molecule has 3 nitrogen and oxygen atoms in total. The summed E-state index contributed by atoms with van der Waals surface area (Å²) in [4.78, 5) is 13.0. The molecule has 0 saturated heterocycles. The van der Waals surface area contributed by atoms with Gasteiger partial charge in [0, 0.05) is 10.6 Å². The summed E-state index contributed by atoms with van der Waals surface area (Å²) >= 11 is 1.82. The van der Waals surface area contributed by atoms with Gasteiger partial charge in [0.25, 0.3) is 0 Å². The molecule has 1 atom stereocenters. The summed E-state index contributed by atoms with van der Waals surface area (Å²) in [5.41, 5.74) is 3.01. The van der Waals surface area contributed by atoms with E-state index in [-0.39, 0.29) is 12.0 Å². The molecule has 1 N–H and O–H groups in total. The Morgan fingerprint density at radius 3 is 2.95 bits per heavy atom. The highest BCUT2D eigenvalue weighted by molar-refractivity contribution is 7.99. The number of hydrogen-bond donors (Lipinski definition) is 1. The number of thioether (sulfide) groups is 1. The molecule has 0 heterocycles. The lowest BCUT2D eigenvalue weighted by molar-refractivity contribution is -0.145. The summed E-state index contributed by atoms with van der Waals surface area (Å²) < 4.78 is 5.05. The van der Waals surface area contributed by atoms with E-state index in [9.17, 15) is 4.79 Å². The molecule has 4 heteroatoms. The molecule has 20 heavy (non-hydrogen) atoms. The van der Waals surface area contributed by atoms with E-state index in [1.807, 2.05) is 25.7 Å². The summed E-state index contributed by atoms with van der Waals surface area (Å²) in [6.07, 6.45) is 4.52. The van der Waals surface area contributed by atoms with E-state index in [1.54, 1.807) is 0 Å². The first-order valence-electron chi connectivity index (χ1n) is 7.33. The van der Waals surface area contributed by atoms with Crippen LogP contribution in [0.25, 0.3) is 0 Å². The average Bonchev–Trinajstić information content (AvgIpc) is 2.91. The third-order valence-electron chi connectivity index (χ3n) is 3.66. The second-order valence-corrected chi connectivity index (χ2v) is 6.18. The van der Waals surface area contributed by atoms with Gasteiger partial charge in [0.2, 0.25) is 0 Å². The lowest BCUT2D eigenvalue weighted by atomic mass is 10.1. The van der Waals surface area contributed by atoms with Crippen LogP contribution >= 0.6 is 11.8 Å². The molecule has 0 spiro atoms. The van der Waals surface area contributed by atoms with Crippen molar-refractivity contribution in [2.75, 3.05) is 19.4 Å². The number of fused-ring (bicyclic) bond motifs is 1. The van der Waals surface area contributed by atoms with Gasteiger partial charge in [-0.15, -0.1) is 11.8 Å². The molecule has 0 bridgehead atoms. The van der Waals surface area contributed by atoms with Crippen LogP contribution in [-0.2, 0) is 22.4 Å². The number of ether oxygens (including phenoxy) is 1. The van der Waals surface area contributed by atoms with Crippen LogP contribution in [0.2, 0.25) is 0 Å². The molecule has 1 unspecified atom stereocenters. The monoisotopic (exact) mass is 293 g/mol. The van der Waals surface area contributed by atoms with Gasteiger partial charge in [0.05, 0.1) is 6.61 Å². The maximum Gasteiger partial charge on any atom is 0.323 e. The quantitative estimate of drug-likeness (QED) is 0.620. The van der Waals surface area contributed by atoms with E-state index >= 15 is 0 Å². The van der Waals surface area contributed by atoms with Crippen LogP contribution < -0.4 is 5.32 Å². The summed E-state index contributed by atoms with van der Waals surface area (Å²) in [5, 5.41) is 3.03. The maximum atomic E-state index is 11.7. The Morgan fingerprint density at radius 1 is 1.40 bits per heavy atom. The molecule has 1 aromatic rings. The van der Waals surface area contributed by atoms with Crippen molar-refractivity contribution in [2.45, 2.75) is 43.5 Å². The standard InChI is InChI=1S/C16H23NO2S/c1-3-19-16(18)15(17-2)9-10-20-14-8-7-12-5-4-6-13(12)11-14/h7-8,11,15,17H,3-6,9-10H2,1-2H3. The maximum absolute atomic E-state index is 11.7. The van der Waals surface area contributed by atoms with Gasteiger partial charge in [-0.05, 0) is 62.9 Å². The highest BCUT2D eigenvalue weighted by atomic mass is 32.2. The fourth-order valence-electron chi connectivity index (χ4n) is 2.56. The Morgan fingerprint density at radius 2 is 2.20 bits per heavy atom. The third-order valence-corrected chi connectivity index (χ3v) is 4.69. The number of hydrogen-bond acceptors (Lipinski definition) is 4. The van der Waals surface area contributed by atoms with Crippen molar-refractivity contribution in [1.82, 2.24) is 5.32 Å². The molecule has 0 aromatic heterocycles. The minimum absolute atomic E-state index is 0.149.